The summed E-state index contributed by atoms with van der Waals surface area (Å²) >= 11 is 0. The normalized spacial score (nSPS) is 9.50. The van der Waals surface area contributed by atoms with Gasteiger partial charge in [-0.1, -0.05) is 0 Å². The van der Waals surface area contributed by atoms with Crippen molar-refractivity contribution in [3.8, 4) is 23.1 Å². The standard InChI is InChI=1S/C12H9N3O/c1-16-12-8-15-11(5-10(12)6-13)9-3-2-4-14-7-9/h2-5,7-8H,1H3. The van der Waals surface area contributed by atoms with Crippen LogP contribution in [0.3, 0.4) is 0 Å². The van der Waals surface area contributed by atoms with Crippen molar-refractivity contribution in [1.82, 2.24) is 9.97 Å². The van der Waals surface area contributed by atoms with E-state index in [9.17, 15) is 0 Å². The van der Waals surface area contributed by atoms with Crippen molar-refractivity contribution in [2.75, 3.05) is 7.11 Å². The number of nitrogens with zero attached hydrogens (tertiary/aromatic N) is 3. The first-order chi connectivity index (χ1) is 7.85. The van der Waals surface area contributed by atoms with E-state index in [2.05, 4.69) is 16.0 Å². The topological polar surface area (TPSA) is 58.8 Å². The lowest BCUT2D eigenvalue weighted by Crippen LogP contribution is -1.92. The highest BCUT2D eigenvalue weighted by molar-refractivity contribution is 5.61. The highest BCUT2D eigenvalue weighted by atomic mass is 16.5. The summed E-state index contributed by atoms with van der Waals surface area (Å²) in [5.74, 6) is 0.482. The Labute approximate surface area is 93.2 Å². The van der Waals surface area contributed by atoms with Gasteiger partial charge in [0.2, 0.25) is 0 Å². The molecule has 0 saturated heterocycles. The molecule has 16 heavy (non-hydrogen) atoms. The monoisotopic (exact) mass is 211 g/mol. The van der Waals surface area contributed by atoms with Crippen molar-refractivity contribution in [3.05, 3.63) is 42.4 Å². The van der Waals surface area contributed by atoms with Gasteiger partial charge in [0.1, 0.15) is 6.07 Å². The van der Waals surface area contributed by atoms with Gasteiger partial charge in [-0.05, 0) is 18.2 Å². The molecule has 0 fully saturated rings. The quantitative estimate of drug-likeness (QED) is 0.762. The SMILES string of the molecule is COc1cnc(-c2cccnc2)cc1C#N. The fourth-order valence-electron chi connectivity index (χ4n) is 1.37. The largest absolute Gasteiger partial charge is 0.494 e. The van der Waals surface area contributed by atoms with E-state index in [-0.39, 0.29) is 0 Å². The molecule has 0 radical (unpaired) electrons. The molecule has 0 unspecified atom stereocenters. The molecule has 0 atom stereocenters. The van der Waals surface area contributed by atoms with Crippen molar-refractivity contribution in [2.45, 2.75) is 0 Å². The van der Waals surface area contributed by atoms with Crippen LogP contribution in [0.1, 0.15) is 5.56 Å². The molecule has 0 aliphatic rings. The lowest BCUT2D eigenvalue weighted by atomic mass is 10.1. The van der Waals surface area contributed by atoms with Gasteiger partial charge >= 0.3 is 0 Å². The van der Waals surface area contributed by atoms with E-state index in [1.165, 1.54) is 7.11 Å². The van der Waals surface area contributed by atoms with Crippen LogP contribution in [0, 0.1) is 11.3 Å². The first-order valence-corrected chi connectivity index (χ1v) is 4.69. The van der Waals surface area contributed by atoms with Crippen LogP contribution < -0.4 is 4.74 Å². The third-order valence-corrected chi connectivity index (χ3v) is 2.17. The summed E-state index contributed by atoms with van der Waals surface area (Å²) in [6.45, 7) is 0. The van der Waals surface area contributed by atoms with Crippen LogP contribution in [0.2, 0.25) is 0 Å². The molecule has 2 heterocycles. The fourth-order valence-corrected chi connectivity index (χ4v) is 1.37. The van der Waals surface area contributed by atoms with Crippen LogP contribution in [-0.4, -0.2) is 17.1 Å². The number of ether oxygens (including phenoxy) is 1. The molecule has 2 aromatic heterocycles. The molecule has 0 amide bonds. The van der Waals surface area contributed by atoms with Crippen LogP contribution in [0.15, 0.2) is 36.8 Å². The van der Waals surface area contributed by atoms with Gasteiger partial charge < -0.3 is 4.74 Å². The highest BCUT2D eigenvalue weighted by Gasteiger charge is 2.06. The molecule has 4 nitrogen and oxygen atoms in total. The van der Waals surface area contributed by atoms with Crippen molar-refractivity contribution >= 4 is 0 Å². The first kappa shape index (κ1) is 10.1. The summed E-state index contributed by atoms with van der Waals surface area (Å²) in [5.41, 5.74) is 2.06. The summed E-state index contributed by atoms with van der Waals surface area (Å²) in [6, 6.07) is 7.48. The molecular weight excluding hydrogens is 202 g/mol. The molecule has 0 saturated carbocycles. The summed E-state index contributed by atoms with van der Waals surface area (Å²) in [6.07, 6.45) is 4.94. The van der Waals surface area contributed by atoms with Crippen molar-refractivity contribution < 1.29 is 4.74 Å². The predicted octanol–water partition coefficient (Wildman–Crippen LogP) is 2.02. The van der Waals surface area contributed by atoms with Crippen molar-refractivity contribution in [1.29, 1.82) is 5.26 Å². The van der Waals surface area contributed by atoms with Crippen LogP contribution in [0.25, 0.3) is 11.3 Å². The third kappa shape index (κ3) is 1.84. The maximum absolute atomic E-state index is 8.95. The van der Waals surface area contributed by atoms with E-state index in [0.29, 0.717) is 17.0 Å². The number of rotatable bonds is 2. The van der Waals surface area contributed by atoms with Gasteiger partial charge in [0.25, 0.3) is 0 Å². The van der Waals surface area contributed by atoms with Gasteiger partial charge in [0.05, 0.1) is 24.6 Å². The second kappa shape index (κ2) is 4.41. The minimum absolute atomic E-state index is 0.469. The van der Waals surface area contributed by atoms with Crippen LogP contribution in [-0.2, 0) is 0 Å². The smallest absolute Gasteiger partial charge is 0.154 e. The maximum atomic E-state index is 8.95. The van der Waals surface area contributed by atoms with Gasteiger partial charge in [-0.3, -0.25) is 9.97 Å². The predicted molar refractivity (Wildman–Crippen MR) is 58.7 cm³/mol. The minimum Gasteiger partial charge on any atom is -0.494 e. The Hall–Kier alpha value is -2.41. The lowest BCUT2D eigenvalue weighted by Gasteiger charge is -2.04. The molecule has 0 aliphatic carbocycles. The van der Waals surface area contributed by atoms with E-state index in [1.54, 1.807) is 24.7 Å². The van der Waals surface area contributed by atoms with Crippen LogP contribution in [0.5, 0.6) is 5.75 Å². The van der Waals surface area contributed by atoms with Crippen LogP contribution in [0.4, 0.5) is 0 Å². The third-order valence-electron chi connectivity index (χ3n) is 2.17. The summed E-state index contributed by atoms with van der Waals surface area (Å²) in [4.78, 5) is 8.22. The maximum Gasteiger partial charge on any atom is 0.154 e. The van der Waals surface area contributed by atoms with Gasteiger partial charge in [-0.25, -0.2) is 0 Å². The molecule has 0 aromatic carbocycles. The molecule has 78 valence electrons. The summed E-state index contributed by atoms with van der Waals surface area (Å²) in [5, 5.41) is 8.95. The molecule has 2 aromatic rings. The Balaban J connectivity index is 2.49. The molecule has 0 bridgehead atoms. The number of nitriles is 1. The molecule has 0 spiro atoms. The van der Waals surface area contributed by atoms with E-state index in [4.69, 9.17) is 10.00 Å². The Kier molecular flexibility index (Phi) is 2.79. The van der Waals surface area contributed by atoms with Gasteiger partial charge in [-0.2, -0.15) is 5.26 Å². The molecule has 4 heteroatoms. The Morgan fingerprint density at radius 3 is 2.88 bits per heavy atom. The van der Waals surface area contributed by atoms with E-state index < -0.39 is 0 Å². The molecular formula is C12H9N3O. The number of methoxy groups -OCH3 is 1. The second-order valence-electron chi connectivity index (χ2n) is 3.12. The molecule has 0 aliphatic heterocycles. The Bertz CT molecular complexity index is 532. The van der Waals surface area contributed by atoms with Gasteiger partial charge in [-0.15, -0.1) is 0 Å². The van der Waals surface area contributed by atoms with Gasteiger partial charge in [0.15, 0.2) is 5.75 Å². The Morgan fingerprint density at radius 1 is 1.38 bits per heavy atom. The average molecular weight is 211 g/mol. The summed E-state index contributed by atoms with van der Waals surface area (Å²) in [7, 11) is 1.52. The first-order valence-electron chi connectivity index (χ1n) is 4.69. The Morgan fingerprint density at radius 2 is 2.25 bits per heavy atom. The molecule has 2 rings (SSSR count). The number of hydrogen-bond acceptors (Lipinski definition) is 4. The molecule has 0 N–H and O–H groups in total. The van der Waals surface area contributed by atoms with Crippen LogP contribution >= 0.6 is 0 Å². The van der Waals surface area contributed by atoms with E-state index in [1.807, 2.05) is 12.1 Å². The zero-order valence-corrected chi connectivity index (χ0v) is 8.71. The highest BCUT2D eigenvalue weighted by Crippen LogP contribution is 2.22. The van der Waals surface area contributed by atoms with E-state index in [0.717, 1.165) is 5.56 Å². The van der Waals surface area contributed by atoms with E-state index >= 15 is 0 Å². The van der Waals surface area contributed by atoms with Crippen molar-refractivity contribution in [3.63, 3.8) is 0 Å². The van der Waals surface area contributed by atoms with Crippen molar-refractivity contribution in [2.24, 2.45) is 0 Å². The zero-order valence-electron chi connectivity index (χ0n) is 8.71. The zero-order chi connectivity index (χ0) is 11.4. The number of hydrogen-bond donors (Lipinski definition) is 0. The lowest BCUT2D eigenvalue weighted by molar-refractivity contribution is 0.411. The number of aromatic nitrogens is 2. The van der Waals surface area contributed by atoms with Gasteiger partial charge in [0, 0.05) is 18.0 Å². The number of pyridine rings is 2. The summed E-state index contributed by atoms with van der Waals surface area (Å²) < 4.78 is 5.03. The second-order valence-corrected chi connectivity index (χ2v) is 3.12. The fraction of sp³-hybridized carbons (Fsp3) is 0.0833. The minimum atomic E-state index is 0.469. The average Bonchev–Trinajstić information content (AvgIpc) is 2.39.